The third kappa shape index (κ3) is 7.59. The summed E-state index contributed by atoms with van der Waals surface area (Å²) in [4.78, 5) is 29.1. The summed E-state index contributed by atoms with van der Waals surface area (Å²) in [5.74, 6) is 0.421. The highest BCUT2D eigenvalue weighted by Crippen LogP contribution is 2.24. The Morgan fingerprint density at radius 1 is 1.42 bits per heavy atom. The van der Waals surface area contributed by atoms with Crippen LogP contribution in [0.25, 0.3) is 0 Å². The number of Topliss-reactive ketones (excluding diaryl/α,β-unsaturated/α-hetero) is 1. The lowest BCUT2D eigenvalue weighted by molar-refractivity contribution is -0.117. The van der Waals surface area contributed by atoms with Crippen molar-refractivity contribution in [3.05, 3.63) is 23.4 Å². The third-order valence-electron chi connectivity index (χ3n) is 3.09. The van der Waals surface area contributed by atoms with Crippen molar-refractivity contribution in [2.45, 2.75) is 38.9 Å². The number of hydrogen-bond acceptors (Lipinski definition) is 6. The number of amides is 1. The molecule has 5 nitrogen and oxygen atoms in total. The van der Waals surface area contributed by atoms with Gasteiger partial charge in [-0.3, -0.25) is 9.69 Å². The molecule has 0 spiro atoms. The van der Waals surface area contributed by atoms with E-state index in [1.807, 2.05) is 6.92 Å². The Balaban J connectivity index is 2.91. The van der Waals surface area contributed by atoms with Crippen molar-refractivity contribution in [1.29, 1.82) is 0 Å². The average Bonchev–Trinajstić information content (AvgIpc) is 2.49. The van der Waals surface area contributed by atoms with Crippen molar-refractivity contribution < 1.29 is 14.3 Å². The van der Waals surface area contributed by atoms with E-state index in [1.54, 1.807) is 25.1 Å². The molecule has 1 rings (SSSR count). The number of pyridine rings is 1. The molecular weight excluding hydrogens is 368 g/mol. The molecule has 0 N–H and O–H groups in total. The molecule has 1 amide bonds. The molecule has 0 aliphatic heterocycles. The average molecular weight is 389 g/mol. The number of aromatic nitrogens is 1. The van der Waals surface area contributed by atoms with Crippen LogP contribution in [0.15, 0.2) is 18.2 Å². The van der Waals surface area contributed by atoms with E-state index in [4.69, 9.17) is 28.6 Å². The number of thiocarbonyl (C=S) groups is 1. The van der Waals surface area contributed by atoms with Gasteiger partial charge in [0.15, 0.2) is 0 Å². The first-order valence-electron chi connectivity index (χ1n) is 7.57. The van der Waals surface area contributed by atoms with E-state index in [9.17, 15) is 9.59 Å². The van der Waals surface area contributed by atoms with Gasteiger partial charge in [-0.1, -0.05) is 29.4 Å². The highest BCUT2D eigenvalue weighted by atomic mass is 35.5. The predicted octanol–water partition coefficient (Wildman–Crippen LogP) is 3.88. The maximum absolute atomic E-state index is 12.0. The molecular formula is C16H21ClN2O3S2. The zero-order valence-corrected chi connectivity index (χ0v) is 16.3. The van der Waals surface area contributed by atoms with Gasteiger partial charge in [-0.05, 0) is 44.6 Å². The van der Waals surface area contributed by atoms with Crippen LogP contribution in [-0.4, -0.2) is 39.5 Å². The number of rotatable bonds is 8. The van der Waals surface area contributed by atoms with Gasteiger partial charge >= 0.3 is 0 Å². The van der Waals surface area contributed by atoms with Crippen LogP contribution in [0.5, 0.6) is 0 Å². The van der Waals surface area contributed by atoms with Gasteiger partial charge in [0.25, 0.3) is 0 Å². The Labute approximate surface area is 157 Å². The van der Waals surface area contributed by atoms with Gasteiger partial charge in [-0.2, -0.15) is 0 Å². The number of ether oxygens (including phenoxy) is 1. The first kappa shape index (κ1) is 20.9. The minimum atomic E-state index is -0.152. The second-order valence-corrected chi connectivity index (χ2v) is 7.40. The highest BCUT2D eigenvalue weighted by Gasteiger charge is 2.22. The molecule has 1 heterocycles. The fourth-order valence-corrected chi connectivity index (χ4v) is 3.58. The van der Waals surface area contributed by atoms with E-state index in [2.05, 4.69) is 4.98 Å². The molecule has 0 aliphatic rings. The summed E-state index contributed by atoms with van der Waals surface area (Å²) in [6, 6.07) is 5.11. The van der Waals surface area contributed by atoms with Crippen LogP contribution in [0.4, 0.5) is 5.82 Å². The molecule has 0 saturated heterocycles. The van der Waals surface area contributed by atoms with Crippen LogP contribution in [-0.2, 0) is 14.3 Å². The highest BCUT2D eigenvalue weighted by molar-refractivity contribution is 8.23. The van der Waals surface area contributed by atoms with Gasteiger partial charge in [0.05, 0.1) is 6.61 Å². The van der Waals surface area contributed by atoms with Crippen molar-refractivity contribution in [3.8, 4) is 0 Å². The Morgan fingerprint density at radius 2 is 2.12 bits per heavy atom. The van der Waals surface area contributed by atoms with Crippen LogP contribution in [0.3, 0.4) is 0 Å². The predicted molar refractivity (Wildman–Crippen MR) is 103 cm³/mol. The first-order valence-corrected chi connectivity index (χ1v) is 9.23. The number of nitrogens with zero attached hydrogens (tertiary/aromatic N) is 2. The number of hydrogen-bond donors (Lipinski definition) is 0. The first-order chi connectivity index (χ1) is 11.3. The number of carbonyl (C=O) groups is 2. The van der Waals surface area contributed by atoms with Gasteiger partial charge in [0.1, 0.15) is 16.8 Å². The van der Waals surface area contributed by atoms with Crippen molar-refractivity contribution in [2.75, 3.05) is 18.1 Å². The topological polar surface area (TPSA) is 59.5 Å². The van der Waals surface area contributed by atoms with Crippen molar-refractivity contribution in [3.63, 3.8) is 0 Å². The minimum absolute atomic E-state index is 0.0716. The van der Waals surface area contributed by atoms with E-state index < -0.39 is 0 Å². The SMILES string of the molecule is CCOC(=S)SC(CCC(C)=O)CN(C(C)=O)c1cccc(Cl)n1. The molecule has 0 aromatic carbocycles. The van der Waals surface area contributed by atoms with Gasteiger partial charge in [-0.25, -0.2) is 4.98 Å². The van der Waals surface area contributed by atoms with E-state index in [0.717, 1.165) is 0 Å². The van der Waals surface area contributed by atoms with Crippen LogP contribution in [0, 0.1) is 0 Å². The molecule has 0 radical (unpaired) electrons. The molecule has 0 fully saturated rings. The summed E-state index contributed by atoms with van der Waals surface area (Å²) < 4.78 is 5.73. The smallest absolute Gasteiger partial charge is 0.225 e. The summed E-state index contributed by atoms with van der Waals surface area (Å²) in [5, 5.41) is 0.245. The van der Waals surface area contributed by atoms with Crippen molar-refractivity contribution in [1.82, 2.24) is 4.98 Å². The molecule has 24 heavy (non-hydrogen) atoms. The van der Waals surface area contributed by atoms with Gasteiger partial charge in [-0.15, -0.1) is 0 Å². The normalized spacial score (nSPS) is 11.7. The summed E-state index contributed by atoms with van der Waals surface area (Å²) in [5.41, 5.74) is 0. The lowest BCUT2D eigenvalue weighted by Gasteiger charge is -2.25. The maximum atomic E-state index is 12.0. The molecule has 1 aromatic rings. The monoisotopic (exact) mass is 388 g/mol. The van der Waals surface area contributed by atoms with Gasteiger partial charge < -0.3 is 9.53 Å². The Bertz CT molecular complexity index is 598. The fourth-order valence-electron chi connectivity index (χ4n) is 1.97. The second kappa shape index (κ2) is 10.6. The molecule has 0 bridgehead atoms. The van der Waals surface area contributed by atoms with Crippen LogP contribution >= 0.6 is 35.6 Å². The van der Waals surface area contributed by atoms with E-state index >= 15 is 0 Å². The Hall–Kier alpha value is -1.18. The summed E-state index contributed by atoms with van der Waals surface area (Å²) >= 11 is 12.5. The number of thioether (sulfide) groups is 1. The van der Waals surface area contributed by atoms with Crippen LogP contribution in [0.1, 0.15) is 33.6 Å². The Kier molecular flexibility index (Phi) is 9.25. The summed E-state index contributed by atoms with van der Waals surface area (Å²) in [7, 11) is 0. The zero-order valence-electron chi connectivity index (χ0n) is 14.0. The largest absolute Gasteiger partial charge is 0.479 e. The zero-order chi connectivity index (χ0) is 18.1. The fraction of sp³-hybridized carbons (Fsp3) is 0.500. The lowest BCUT2D eigenvalue weighted by Crippen LogP contribution is -2.36. The second-order valence-electron chi connectivity index (χ2n) is 5.11. The summed E-state index contributed by atoms with van der Waals surface area (Å²) in [6.45, 7) is 5.72. The molecule has 1 aromatic heterocycles. The van der Waals surface area contributed by atoms with E-state index in [0.29, 0.717) is 41.3 Å². The van der Waals surface area contributed by atoms with Gasteiger partial charge in [0.2, 0.25) is 10.3 Å². The molecule has 132 valence electrons. The number of ketones is 1. The van der Waals surface area contributed by atoms with Gasteiger partial charge in [0, 0.05) is 25.1 Å². The number of carbonyl (C=O) groups excluding carboxylic acids is 2. The van der Waals surface area contributed by atoms with E-state index in [1.165, 1.54) is 23.6 Å². The Morgan fingerprint density at radius 3 is 2.67 bits per heavy atom. The van der Waals surface area contributed by atoms with E-state index in [-0.39, 0.29) is 16.9 Å². The number of halogens is 1. The third-order valence-corrected chi connectivity index (χ3v) is 4.73. The maximum Gasteiger partial charge on any atom is 0.225 e. The minimum Gasteiger partial charge on any atom is -0.479 e. The molecule has 0 aliphatic carbocycles. The van der Waals surface area contributed by atoms with Crippen molar-refractivity contribution >= 4 is 57.5 Å². The molecule has 8 heteroatoms. The quantitative estimate of drug-likeness (QED) is 0.497. The number of anilines is 1. The molecule has 1 unspecified atom stereocenters. The standard InChI is InChI=1S/C16H21ClN2O3S2/c1-4-22-16(23)24-13(9-8-11(2)20)10-19(12(3)21)15-7-5-6-14(17)18-15/h5-7,13H,4,8-10H2,1-3H3. The summed E-state index contributed by atoms with van der Waals surface area (Å²) in [6.07, 6.45) is 1.01. The molecule has 1 atom stereocenters. The van der Waals surface area contributed by atoms with Crippen LogP contribution < -0.4 is 4.90 Å². The van der Waals surface area contributed by atoms with Crippen molar-refractivity contribution in [2.24, 2.45) is 0 Å². The van der Waals surface area contributed by atoms with Crippen LogP contribution in [0.2, 0.25) is 5.15 Å². The lowest BCUT2D eigenvalue weighted by atomic mass is 10.2. The molecule has 0 saturated carbocycles.